The van der Waals surface area contributed by atoms with Crippen molar-refractivity contribution in [2.75, 3.05) is 0 Å². The van der Waals surface area contributed by atoms with Crippen LogP contribution < -0.4 is 5.32 Å². The Labute approximate surface area is 199 Å². The van der Waals surface area contributed by atoms with Gasteiger partial charge in [-0.2, -0.15) is 0 Å². The van der Waals surface area contributed by atoms with Gasteiger partial charge in [0.15, 0.2) is 0 Å². The fourth-order valence-electron chi connectivity index (χ4n) is 3.65. The second-order valence-corrected chi connectivity index (χ2v) is 8.76. The number of benzene rings is 3. The summed E-state index contributed by atoms with van der Waals surface area (Å²) >= 11 is 6.17. The van der Waals surface area contributed by atoms with E-state index in [-0.39, 0.29) is 36.6 Å². The highest BCUT2D eigenvalue weighted by Crippen LogP contribution is 2.19. The number of carbonyl (C=O) groups excluding carboxylic acids is 2. The van der Waals surface area contributed by atoms with E-state index >= 15 is 0 Å². The summed E-state index contributed by atoms with van der Waals surface area (Å²) in [6.45, 7) is 4.00. The number of rotatable bonds is 9. The van der Waals surface area contributed by atoms with Crippen molar-refractivity contribution in [2.45, 2.75) is 45.3 Å². The molecule has 0 aromatic heterocycles. The molecule has 2 amide bonds. The monoisotopic (exact) mass is 466 g/mol. The van der Waals surface area contributed by atoms with Gasteiger partial charge in [-0.05, 0) is 54.8 Å². The van der Waals surface area contributed by atoms with Crippen molar-refractivity contribution < 1.29 is 14.0 Å². The summed E-state index contributed by atoms with van der Waals surface area (Å²) in [5.41, 5.74) is 2.46. The Balaban J connectivity index is 1.96. The molecule has 0 aliphatic rings. The Morgan fingerprint density at radius 1 is 0.909 bits per heavy atom. The van der Waals surface area contributed by atoms with Crippen LogP contribution in [-0.4, -0.2) is 28.8 Å². The summed E-state index contributed by atoms with van der Waals surface area (Å²) < 4.78 is 13.3. The fraction of sp³-hybridized carbons (Fsp3) is 0.259. The van der Waals surface area contributed by atoms with Crippen LogP contribution >= 0.6 is 11.6 Å². The largest absolute Gasteiger partial charge is 0.352 e. The maximum Gasteiger partial charge on any atom is 0.243 e. The first kappa shape index (κ1) is 24.5. The van der Waals surface area contributed by atoms with E-state index in [0.29, 0.717) is 17.0 Å². The van der Waals surface area contributed by atoms with E-state index in [1.165, 1.54) is 12.1 Å². The predicted octanol–water partition coefficient (Wildman–Crippen LogP) is 5.19. The lowest BCUT2D eigenvalue weighted by Crippen LogP contribution is -2.52. The van der Waals surface area contributed by atoms with Crippen molar-refractivity contribution >= 4 is 23.4 Å². The summed E-state index contributed by atoms with van der Waals surface area (Å²) in [5, 5.41) is 3.52. The standard InChI is InChI=1S/C27H28ClFN2O2/c1-19(2)30-27(33)25(16-20-7-4-3-5-8-20)31(18-22-9-6-10-23(28)15-22)26(32)17-21-11-13-24(29)14-12-21/h3-15,19,25H,16-18H2,1-2H3,(H,30,33). The minimum atomic E-state index is -0.721. The first-order valence-corrected chi connectivity index (χ1v) is 11.3. The van der Waals surface area contributed by atoms with Gasteiger partial charge in [-0.1, -0.05) is 66.2 Å². The van der Waals surface area contributed by atoms with Crippen LogP contribution in [0.5, 0.6) is 0 Å². The Morgan fingerprint density at radius 3 is 2.21 bits per heavy atom. The summed E-state index contributed by atoms with van der Waals surface area (Å²) in [4.78, 5) is 28.4. The summed E-state index contributed by atoms with van der Waals surface area (Å²) in [5.74, 6) is -0.801. The van der Waals surface area contributed by atoms with Crippen LogP contribution in [0.1, 0.15) is 30.5 Å². The van der Waals surface area contributed by atoms with Gasteiger partial charge in [0.05, 0.1) is 6.42 Å². The minimum Gasteiger partial charge on any atom is -0.352 e. The van der Waals surface area contributed by atoms with E-state index in [2.05, 4.69) is 5.32 Å². The van der Waals surface area contributed by atoms with Crippen LogP contribution in [0.3, 0.4) is 0 Å². The molecule has 3 rings (SSSR count). The number of nitrogens with one attached hydrogen (secondary N) is 1. The van der Waals surface area contributed by atoms with Crippen LogP contribution in [-0.2, 0) is 29.0 Å². The Bertz CT molecular complexity index is 1070. The number of hydrogen-bond donors (Lipinski definition) is 1. The van der Waals surface area contributed by atoms with Crippen LogP contribution in [0.15, 0.2) is 78.9 Å². The van der Waals surface area contributed by atoms with Gasteiger partial charge in [-0.15, -0.1) is 0 Å². The van der Waals surface area contributed by atoms with E-state index < -0.39 is 6.04 Å². The zero-order valence-corrected chi connectivity index (χ0v) is 19.6. The molecule has 0 aliphatic heterocycles. The first-order valence-electron chi connectivity index (χ1n) is 10.9. The van der Waals surface area contributed by atoms with Crippen LogP contribution in [0.4, 0.5) is 4.39 Å². The normalized spacial score (nSPS) is 11.8. The number of hydrogen-bond acceptors (Lipinski definition) is 2. The lowest BCUT2D eigenvalue weighted by Gasteiger charge is -2.32. The van der Waals surface area contributed by atoms with Crippen molar-refractivity contribution in [3.8, 4) is 0 Å². The molecule has 0 radical (unpaired) electrons. The van der Waals surface area contributed by atoms with E-state index in [1.807, 2.05) is 56.3 Å². The number of carbonyl (C=O) groups is 2. The van der Waals surface area contributed by atoms with Crippen LogP contribution in [0.25, 0.3) is 0 Å². The molecule has 0 spiro atoms. The van der Waals surface area contributed by atoms with Crippen molar-refractivity contribution in [1.29, 1.82) is 0 Å². The molecule has 0 saturated heterocycles. The summed E-state index contributed by atoms with van der Waals surface area (Å²) in [7, 11) is 0. The predicted molar refractivity (Wildman–Crippen MR) is 129 cm³/mol. The van der Waals surface area contributed by atoms with Crippen molar-refractivity contribution in [2.24, 2.45) is 0 Å². The third-order valence-corrected chi connectivity index (χ3v) is 5.45. The molecule has 6 heteroatoms. The number of amides is 2. The van der Waals surface area contributed by atoms with Gasteiger partial charge in [0.25, 0.3) is 0 Å². The topological polar surface area (TPSA) is 49.4 Å². The van der Waals surface area contributed by atoms with Gasteiger partial charge in [0, 0.05) is 24.0 Å². The maximum absolute atomic E-state index is 13.5. The number of halogens is 2. The molecule has 0 aliphatic carbocycles. The Kier molecular flexibility index (Phi) is 8.61. The second-order valence-electron chi connectivity index (χ2n) is 8.32. The SMILES string of the molecule is CC(C)NC(=O)C(Cc1ccccc1)N(Cc1cccc(Cl)c1)C(=O)Cc1ccc(F)cc1. The molecule has 1 N–H and O–H groups in total. The molecule has 1 atom stereocenters. The van der Waals surface area contributed by atoms with Gasteiger partial charge >= 0.3 is 0 Å². The Hall–Kier alpha value is -3.18. The molecule has 3 aromatic rings. The van der Waals surface area contributed by atoms with E-state index in [0.717, 1.165) is 11.1 Å². The molecular weight excluding hydrogens is 439 g/mol. The zero-order chi connectivity index (χ0) is 23.8. The Morgan fingerprint density at radius 2 is 1.58 bits per heavy atom. The molecular formula is C27H28ClFN2O2. The maximum atomic E-state index is 13.5. The molecule has 3 aromatic carbocycles. The van der Waals surface area contributed by atoms with Gasteiger partial charge < -0.3 is 10.2 Å². The second kappa shape index (κ2) is 11.6. The van der Waals surface area contributed by atoms with E-state index in [4.69, 9.17) is 11.6 Å². The number of nitrogens with zero attached hydrogens (tertiary/aromatic N) is 1. The third kappa shape index (κ3) is 7.43. The van der Waals surface area contributed by atoms with Crippen molar-refractivity contribution in [3.63, 3.8) is 0 Å². The molecule has 0 saturated carbocycles. The molecule has 1 unspecified atom stereocenters. The average Bonchev–Trinajstić information content (AvgIpc) is 2.78. The molecule has 0 bridgehead atoms. The average molecular weight is 467 g/mol. The van der Waals surface area contributed by atoms with Gasteiger partial charge in [-0.3, -0.25) is 9.59 Å². The van der Waals surface area contributed by atoms with Gasteiger partial charge in [0.1, 0.15) is 11.9 Å². The van der Waals surface area contributed by atoms with E-state index in [1.54, 1.807) is 29.2 Å². The first-order chi connectivity index (χ1) is 15.8. The summed E-state index contributed by atoms with van der Waals surface area (Å²) in [6.07, 6.45) is 0.427. The van der Waals surface area contributed by atoms with E-state index in [9.17, 15) is 14.0 Å². The molecule has 4 nitrogen and oxygen atoms in total. The van der Waals surface area contributed by atoms with Gasteiger partial charge in [0.2, 0.25) is 11.8 Å². The third-order valence-electron chi connectivity index (χ3n) is 5.21. The molecule has 0 fully saturated rings. The summed E-state index contributed by atoms with van der Waals surface area (Å²) in [6, 6.07) is 21.9. The smallest absolute Gasteiger partial charge is 0.243 e. The highest BCUT2D eigenvalue weighted by Gasteiger charge is 2.30. The highest BCUT2D eigenvalue weighted by molar-refractivity contribution is 6.30. The van der Waals surface area contributed by atoms with Crippen LogP contribution in [0, 0.1) is 5.82 Å². The quantitative estimate of drug-likeness (QED) is 0.472. The van der Waals surface area contributed by atoms with Crippen molar-refractivity contribution in [1.82, 2.24) is 10.2 Å². The van der Waals surface area contributed by atoms with Gasteiger partial charge in [-0.25, -0.2) is 4.39 Å². The minimum absolute atomic E-state index is 0.0566. The highest BCUT2D eigenvalue weighted by atomic mass is 35.5. The molecule has 0 heterocycles. The molecule has 33 heavy (non-hydrogen) atoms. The lowest BCUT2D eigenvalue weighted by atomic mass is 10.0. The van der Waals surface area contributed by atoms with Crippen LogP contribution in [0.2, 0.25) is 5.02 Å². The van der Waals surface area contributed by atoms with Crippen molar-refractivity contribution in [3.05, 3.63) is 106 Å². The molecule has 172 valence electrons. The zero-order valence-electron chi connectivity index (χ0n) is 18.8. The lowest BCUT2D eigenvalue weighted by molar-refractivity contribution is -0.141. The fourth-order valence-corrected chi connectivity index (χ4v) is 3.86.